The van der Waals surface area contributed by atoms with Crippen molar-refractivity contribution in [3.63, 3.8) is 0 Å². The molecule has 0 fully saturated rings. The highest BCUT2D eigenvalue weighted by atomic mass is 28.3. The van der Waals surface area contributed by atoms with Crippen LogP contribution in [0.2, 0.25) is 19.6 Å². The third-order valence-corrected chi connectivity index (χ3v) is 3.79. The number of H-pyrrole nitrogens is 1. The van der Waals surface area contributed by atoms with E-state index in [1.54, 1.807) is 0 Å². The Morgan fingerprint density at radius 1 is 1.33 bits per heavy atom. The van der Waals surface area contributed by atoms with Gasteiger partial charge in [-0.1, -0.05) is 25.6 Å². The minimum absolute atomic E-state index is 0.291. The fourth-order valence-electron chi connectivity index (χ4n) is 1.95. The van der Waals surface area contributed by atoms with Gasteiger partial charge in [-0.25, -0.2) is 9.78 Å². The molecule has 0 saturated carbocycles. The van der Waals surface area contributed by atoms with Gasteiger partial charge >= 0.3 is 6.09 Å². The monoisotopic (exact) mass is 343 g/mol. The lowest BCUT2D eigenvalue weighted by Gasteiger charge is -2.19. The fraction of sp³-hybridized carbons (Fsp3) is 0.444. The van der Waals surface area contributed by atoms with Crippen LogP contribution < -0.4 is 5.32 Å². The van der Waals surface area contributed by atoms with Gasteiger partial charge in [0.2, 0.25) is 0 Å². The van der Waals surface area contributed by atoms with Gasteiger partial charge in [-0.2, -0.15) is 0 Å². The number of hydrogen-bond acceptors (Lipinski definition) is 3. The Hall–Kier alpha value is -2.26. The summed E-state index contributed by atoms with van der Waals surface area (Å²) in [6.07, 6.45) is -0.454. The summed E-state index contributed by atoms with van der Waals surface area (Å²) in [6.45, 7) is 12.4. The number of fused-ring (bicyclic) bond motifs is 1. The van der Waals surface area contributed by atoms with Gasteiger partial charge in [0.05, 0.1) is 17.6 Å². The molecular weight excluding hydrogens is 318 g/mol. The summed E-state index contributed by atoms with van der Waals surface area (Å²) in [5, 5.41) is 2.70. The van der Waals surface area contributed by atoms with Gasteiger partial charge in [0.1, 0.15) is 19.5 Å². The average molecular weight is 344 g/mol. The van der Waals surface area contributed by atoms with E-state index in [1.165, 1.54) is 0 Å². The number of aromatic nitrogens is 2. The van der Waals surface area contributed by atoms with E-state index in [-0.39, 0.29) is 0 Å². The van der Waals surface area contributed by atoms with Gasteiger partial charge in [-0.15, -0.1) is 5.54 Å². The molecule has 1 amide bonds. The minimum atomic E-state index is -1.40. The molecule has 2 N–H and O–H groups in total. The number of rotatable bonds is 2. The number of imidazole rings is 1. The summed E-state index contributed by atoms with van der Waals surface area (Å²) < 4.78 is 5.21. The van der Waals surface area contributed by atoms with E-state index >= 15 is 0 Å². The van der Waals surface area contributed by atoms with Crippen molar-refractivity contribution >= 4 is 25.2 Å². The number of alkyl carbamates (subject to hydrolysis) is 1. The maximum absolute atomic E-state index is 11.7. The van der Waals surface area contributed by atoms with Crippen molar-refractivity contribution in [1.82, 2.24) is 15.3 Å². The molecule has 0 atom stereocenters. The number of carbonyl (C=O) groups excluding carboxylic acids is 1. The lowest BCUT2D eigenvalue weighted by Crippen LogP contribution is -2.32. The molecule has 6 heteroatoms. The normalized spacial score (nSPS) is 11.8. The van der Waals surface area contributed by atoms with E-state index < -0.39 is 19.8 Å². The zero-order chi connectivity index (χ0) is 18.0. The van der Waals surface area contributed by atoms with Crippen molar-refractivity contribution in [1.29, 1.82) is 0 Å². The Morgan fingerprint density at radius 2 is 2.04 bits per heavy atom. The highest BCUT2D eigenvalue weighted by Gasteiger charge is 2.16. The van der Waals surface area contributed by atoms with Gasteiger partial charge in [0.25, 0.3) is 0 Å². The first-order valence-corrected chi connectivity index (χ1v) is 11.5. The number of nitrogens with zero attached hydrogens (tertiary/aromatic N) is 1. The minimum Gasteiger partial charge on any atom is -0.444 e. The Kier molecular flexibility index (Phi) is 5.04. The van der Waals surface area contributed by atoms with Crippen molar-refractivity contribution in [2.24, 2.45) is 0 Å². The SMILES string of the molecule is CC(C)(C)OC(=O)NCc1nc2ccc(C#C[Si](C)(C)C)cc2[nH]1. The second-order valence-electron chi connectivity index (χ2n) is 7.77. The van der Waals surface area contributed by atoms with E-state index in [1.807, 2.05) is 39.0 Å². The Bertz CT molecular complexity index is 801. The molecule has 1 aromatic carbocycles. The van der Waals surface area contributed by atoms with Crippen molar-refractivity contribution in [2.45, 2.75) is 52.6 Å². The average Bonchev–Trinajstić information content (AvgIpc) is 2.82. The first-order valence-electron chi connectivity index (χ1n) is 8.00. The Balaban J connectivity index is 2.08. The van der Waals surface area contributed by atoms with Crippen LogP contribution in [-0.4, -0.2) is 29.7 Å². The molecule has 0 bridgehead atoms. The molecule has 0 aliphatic carbocycles. The number of benzene rings is 1. The second kappa shape index (κ2) is 6.69. The highest BCUT2D eigenvalue weighted by molar-refractivity contribution is 6.83. The van der Waals surface area contributed by atoms with Crippen molar-refractivity contribution in [2.75, 3.05) is 0 Å². The van der Waals surface area contributed by atoms with Crippen LogP contribution in [0.5, 0.6) is 0 Å². The third-order valence-electron chi connectivity index (χ3n) is 2.91. The van der Waals surface area contributed by atoms with Crippen LogP contribution >= 0.6 is 0 Å². The standard InChI is InChI=1S/C18H25N3O2Si/c1-18(2,3)23-17(22)19-12-16-20-14-8-7-13(11-15(14)21-16)9-10-24(4,5)6/h7-8,11H,12H2,1-6H3,(H,19,22)(H,20,21). The Labute approximate surface area is 144 Å². The summed E-state index contributed by atoms with van der Waals surface area (Å²) in [5.74, 6) is 3.92. The summed E-state index contributed by atoms with van der Waals surface area (Å²) >= 11 is 0. The number of hydrogen-bond donors (Lipinski definition) is 2. The molecule has 0 radical (unpaired) electrons. The zero-order valence-corrected chi connectivity index (χ0v) is 16.2. The highest BCUT2D eigenvalue weighted by Crippen LogP contribution is 2.14. The van der Waals surface area contributed by atoms with Crippen LogP contribution in [0, 0.1) is 11.5 Å². The smallest absolute Gasteiger partial charge is 0.408 e. The Morgan fingerprint density at radius 3 is 2.67 bits per heavy atom. The fourth-order valence-corrected chi connectivity index (χ4v) is 2.47. The molecular formula is C18H25N3O2Si. The van der Waals surface area contributed by atoms with Crippen LogP contribution in [-0.2, 0) is 11.3 Å². The van der Waals surface area contributed by atoms with Crippen LogP contribution in [0.15, 0.2) is 18.2 Å². The quantitative estimate of drug-likeness (QED) is 0.643. The molecule has 0 spiro atoms. The van der Waals surface area contributed by atoms with E-state index in [0.717, 1.165) is 16.6 Å². The molecule has 24 heavy (non-hydrogen) atoms. The van der Waals surface area contributed by atoms with Crippen LogP contribution in [0.3, 0.4) is 0 Å². The predicted molar refractivity (Wildman–Crippen MR) is 99.4 cm³/mol. The van der Waals surface area contributed by atoms with Gasteiger partial charge in [0.15, 0.2) is 0 Å². The van der Waals surface area contributed by atoms with Gasteiger partial charge in [-0.05, 0) is 39.0 Å². The molecule has 1 heterocycles. The lowest BCUT2D eigenvalue weighted by atomic mass is 10.2. The number of amides is 1. The third kappa shape index (κ3) is 5.74. The van der Waals surface area contributed by atoms with Crippen molar-refractivity contribution in [3.05, 3.63) is 29.6 Å². The maximum Gasteiger partial charge on any atom is 0.408 e. The molecule has 2 aromatic rings. The molecule has 0 aliphatic rings. The largest absolute Gasteiger partial charge is 0.444 e. The first-order chi connectivity index (χ1) is 11.0. The number of carbonyl (C=O) groups is 1. The lowest BCUT2D eigenvalue weighted by molar-refractivity contribution is 0.0522. The molecule has 5 nitrogen and oxygen atoms in total. The first kappa shape index (κ1) is 18.1. The van der Waals surface area contributed by atoms with Gasteiger partial charge in [0, 0.05) is 5.56 Å². The van der Waals surface area contributed by atoms with Gasteiger partial charge in [-0.3, -0.25) is 0 Å². The topological polar surface area (TPSA) is 67.0 Å². The van der Waals surface area contributed by atoms with Crippen molar-refractivity contribution in [3.8, 4) is 11.5 Å². The van der Waals surface area contributed by atoms with E-state index in [0.29, 0.717) is 12.4 Å². The number of ether oxygens (including phenoxy) is 1. The second-order valence-corrected chi connectivity index (χ2v) is 12.5. The molecule has 0 saturated heterocycles. The summed E-state index contributed by atoms with van der Waals surface area (Å²) in [5.41, 5.74) is 5.58. The van der Waals surface area contributed by atoms with Crippen LogP contribution in [0.4, 0.5) is 4.79 Å². The van der Waals surface area contributed by atoms with E-state index in [9.17, 15) is 4.79 Å². The number of nitrogens with one attached hydrogen (secondary N) is 2. The molecule has 0 unspecified atom stereocenters. The molecule has 2 rings (SSSR count). The van der Waals surface area contributed by atoms with Crippen molar-refractivity contribution < 1.29 is 9.53 Å². The molecule has 0 aliphatic heterocycles. The zero-order valence-electron chi connectivity index (χ0n) is 15.2. The molecule has 1 aromatic heterocycles. The van der Waals surface area contributed by atoms with E-state index in [2.05, 4.69) is 46.4 Å². The van der Waals surface area contributed by atoms with Crippen LogP contribution in [0.25, 0.3) is 11.0 Å². The van der Waals surface area contributed by atoms with E-state index in [4.69, 9.17) is 4.74 Å². The summed E-state index contributed by atoms with van der Waals surface area (Å²) in [6, 6.07) is 5.91. The molecule has 128 valence electrons. The predicted octanol–water partition coefficient (Wildman–Crippen LogP) is 3.82. The van der Waals surface area contributed by atoms with Gasteiger partial charge < -0.3 is 15.0 Å². The number of aromatic amines is 1. The summed E-state index contributed by atoms with van der Waals surface area (Å²) in [4.78, 5) is 19.4. The maximum atomic E-state index is 11.7. The summed E-state index contributed by atoms with van der Waals surface area (Å²) in [7, 11) is -1.40. The van der Waals surface area contributed by atoms with Crippen LogP contribution in [0.1, 0.15) is 32.2 Å².